The Hall–Kier alpha value is -0.850. The molecule has 0 aliphatic heterocycles. The quantitative estimate of drug-likeness (QED) is 0.552. The molecule has 0 heterocycles. The SMILES string of the molecule is CCCC[C@H](CC(=O)CP(=O)(OC)OC)N[S@](=O)c1ccc(C)cc1. The van der Waals surface area contributed by atoms with Crippen LogP contribution in [0.3, 0.4) is 0 Å². The minimum Gasteiger partial charge on any atom is -0.312 e. The van der Waals surface area contributed by atoms with Gasteiger partial charge in [-0.05, 0) is 25.5 Å². The topological polar surface area (TPSA) is 81.7 Å². The minimum atomic E-state index is -3.37. The Kier molecular flexibility index (Phi) is 9.75. The number of benzene rings is 1. The van der Waals surface area contributed by atoms with Crippen molar-refractivity contribution in [2.45, 2.75) is 50.5 Å². The van der Waals surface area contributed by atoms with E-state index in [2.05, 4.69) is 11.6 Å². The number of rotatable bonds is 12. The summed E-state index contributed by atoms with van der Waals surface area (Å²) in [6.07, 6.45) is 2.44. The molecule has 8 heteroatoms. The van der Waals surface area contributed by atoms with E-state index >= 15 is 0 Å². The summed E-state index contributed by atoms with van der Waals surface area (Å²) < 4.78 is 37.2. The van der Waals surface area contributed by atoms with Gasteiger partial charge in [0.05, 0.1) is 4.90 Å². The lowest BCUT2D eigenvalue weighted by atomic mass is 10.1. The number of carbonyl (C=O) groups excluding carboxylic acids is 1. The molecule has 0 fully saturated rings. The number of carbonyl (C=O) groups is 1. The van der Waals surface area contributed by atoms with E-state index in [1.54, 1.807) is 12.1 Å². The van der Waals surface area contributed by atoms with E-state index in [-0.39, 0.29) is 24.4 Å². The molecule has 0 radical (unpaired) electrons. The summed E-state index contributed by atoms with van der Waals surface area (Å²) in [4.78, 5) is 12.9. The second-order valence-corrected chi connectivity index (χ2v) is 9.43. The van der Waals surface area contributed by atoms with Gasteiger partial charge in [0.1, 0.15) is 22.9 Å². The number of aryl methyl sites for hydroxylation is 1. The van der Waals surface area contributed by atoms with E-state index in [4.69, 9.17) is 9.05 Å². The average Bonchev–Trinajstić information content (AvgIpc) is 2.59. The van der Waals surface area contributed by atoms with E-state index in [0.717, 1.165) is 18.4 Å². The number of Topliss-reactive ketones (excluding diaryl/α,β-unsaturated/α-hetero) is 1. The molecule has 0 bridgehead atoms. The van der Waals surface area contributed by atoms with Crippen molar-refractivity contribution in [2.24, 2.45) is 0 Å². The van der Waals surface area contributed by atoms with E-state index in [0.29, 0.717) is 11.3 Å². The van der Waals surface area contributed by atoms with Gasteiger partial charge >= 0.3 is 7.60 Å². The van der Waals surface area contributed by atoms with Crippen LogP contribution >= 0.6 is 7.60 Å². The van der Waals surface area contributed by atoms with Crippen LogP contribution < -0.4 is 4.72 Å². The van der Waals surface area contributed by atoms with E-state index < -0.39 is 18.6 Å². The summed E-state index contributed by atoms with van der Waals surface area (Å²) in [7, 11) is -2.25. The molecule has 1 aromatic rings. The maximum absolute atomic E-state index is 12.5. The Balaban J connectivity index is 2.73. The van der Waals surface area contributed by atoms with E-state index in [9.17, 15) is 13.6 Å². The highest BCUT2D eigenvalue weighted by Crippen LogP contribution is 2.46. The number of hydrogen-bond acceptors (Lipinski definition) is 5. The third kappa shape index (κ3) is 7.92. The average molecular weight is 389 g/mol. The highest BCUT2D eigenvalue weighted by Gasteiger charge is 2.27. The summed E-state index contributed by atoms with van der Waals surface area (Å²) in [6, 6.07) is 7.16. The Morgan fingerprint density at radius 1 is 1.24 bits per heavy atom. The van der Waals surface area contributed by atoms with E-state index in [1.165, 1.54) is 14.2 Å². The van der Waals surface area contributed by atoms with Gasteiger partial charge in [0.15, 0.2) is 0 Å². The molecule has 25 heavy (non-hydrogen) atoms. The van der Waals surface area contributed by atoms with Gasteiger partial charge in [-0.15, -0.1) is 0 Å². The van der Waals surface area contributed by atoms with Crippen LogP contribution in [0.5, 0.6) is 0 Å². The van der Waals surface area contributed by atoms with E-state index in [1.807, 2.05) is 19.1 Å². The molecule has 0 amide bonds. The van der Waals surface area contributed by atoms with Crippen LogP contribution in [0.15, 0.2) is 29.2 Å². The molecule has 1 rings (SSSR count). The molecule has 0 aromatic heterocycles. The second kappa shape index (κ2) is 11.0. The molecule has 1 N–H and O–H groups in total. The summed E-state index contributed by atoms with van der Waals surface area (Å²) >= 11 is 0. The van der Waals surface area contributed by atoms with Crippen LogP contribution in [-0.2, 0) is 29.4 Å². The van der Waals surface area contributed by atoms with Crippen LogP contribution in [0.2, 0.25) is 0 Å². The molecule has 2 atom stereocenters. The van der Waals surface area contributed by atoms with Gasteiger partial charge in [-0.25, -0.2) is 8.93 Å². The zero-order valence-electron chi connectivity index (χ0n) is 15.3. The van der Waals surface area contributed by atoms with Gasteiger partial charge < -0.3 is 9.05 Å². The number of nitrogens with one attached hydrogen (secondary N) is 1. The first-order chi connectivity index (χ1) is 11.8. The maximum atomic E-state index is 12.5. The zero-order chi connectivity index (χ0) is 18.9. The maximum Gasteiger partial charge on any atom is 0.337 e. The van der Waals surface area contributed by atoms with Crippen molar-refractivity contribution in [1.29, 1.82) is 0 Å². The van der Waals surface area contributed by atoms with Crippen LogP contribution in [0, 0.1) is 6.92 Å². The Labute approximate surface area is 152 Å². The van der Waals surface area contributed by atoms with Crippen molar-refractivity contribution in [3.8, 4) is 0 Å². The predicted molar refractivity (Wildman–Crippen MR) is 100 cm³/mol. The van der Waals surface area contributed by atoms with Crippen molar-refractivity contribution >= 4 is 24.4 Å². The first kappa shape index (κ1) is 22.2. The number of hydrogen-bond donors (Lipinski definition) is 1. The minimum absolute atomic E-state index is 0.133. The lowest BCUT2D eigenvalue weighted by molar-refractivity contribution is -0.117. The fourth-order valence-electron chi connectivity index (χ4n) is 2.29. The van der Waals surface area contributed by atoms with Gasteiger partial charge in [0.25, 0.3) is 0 Å². The highest BCUT2D eigenvalue weighted by molar-refractivity contribution is 7.83. The molecule has 0 unspecified atom stereocenters. The monoisotopic (exact) mass is 389 g/mol. The molecule has 0 aliphatic rings. The van der Waals surface area contributed by atoms with Crippen molar-refractivity contribution in [1.82, 2.24) is 4.72 Å². The van der Waals surface area contributed by atoms with Crippen molar-refractivity contribution in [3.05, 3.63) is 29.8 Å². The Morgan fingerprint density at radius 3 is 2.36 bits per heavy atom. The Morgan fingerprint density at radius 2 is 1.84 bits per heavy atom. The van der Waals surface area contributed by atoms with Gasteiger partial charge in [-0.1, -0.05) is 37.5 Å². The fourth-order valence-corrected chi connectivity index (χ4v) is 4.29. The van der Waals surface area contributed by atoms with Crippen molar-refractivity contribution in [2.75, 3.05) is 20.4 Å². The van der Waals surface area contributed by atoms with Crippen molar-refractivity contribution < 1.29 is 22.6 Å². The largest absolute Gasteiger partial charge is 0.337 e. The summed E-state index contributed by atoms with van der Waals surface area (Å²) in [6.45, 7) is 4.02. The Bertz CT molecular complexity index is 612. The van der Waals surface area contributed by atoms with Crippen LogP contribution in [-0.4, -0.2) is 36.4 Å². The molecular weight excluding hydrogens is 361 g/mol. The molecule has 1 aromatic carbocycles. The predicted octanol–water partition coefficient (Wildman–Crippen LogP) is 3.61. The van der Waals surface area contributed by atoms with Crippen LogP contribution in [0.1, 0.15) is 38.2 Å². The third-order valence-electron chi connectivity index (χ3n) is 3.82. The van der Waals surface area contributed by atoms with Crippen molar-refractivity contribution in [3.63, 3.8) is 0 Å². The molecule has 142 valence electrons. The second-order valence-electron chi connectivity index (χ2n) is 5.92. The van der Waals surface area contributed by atoms with Crippen LogP contribution in [0.4, 0.5) is 0 Å². The summed E-state index contributed by atoms with van der Waals surface area (Å²) in [5, 5.41) is 0. The molecule has 0 aliphatic carbocycles. The molecule has 0 spiro atoms. The molecule has 6 nitrogen and oxygen atoms in total. The lowest BCUT2D eigenvalue weighted by Crippen LogP contribution is -2.33. The zero-order valence-corrected chi connectivity index (χ0v) is 17.0. The lowest BCUT2D eigenvalue weighted by Gasteiger charge is -2.19. The third-order valence-corrected chi connectivity index (χ3v) is 6.92. The summed E-state index contributed by atoms with van der Waals surface area (Å²) in [5.41, 5.74) is 1.09. The molecule has 0 saturated carbocycles. The first-order valence-electron chi connectivity index (χ1n) is 8.30. The highest BCUT2D eigenvalue weighted by atomic mass is 32.2. The van der Waals surface area contributed by atoms with Gasteiger partial charge in [-0.3, -0.25) is 9.36 Å². The standard InChI is InChI=1S/C17H28NO5PS/c1-5-6-7-15(12-16(19)13-24(20,22-3)23-4)18-25(21)17-10-8-14(2)9-11-17/h8-11,15,18H,5-7,12-13H2,1-4H3/t15-,25-/m1/s1. The first-order valence-corrected chi connectivity index (χ1v) is 11.2. The van der Waals surface area contributed by atoms with Gasteiger partial charge in [-0.2, -0.15) is 0 Å². The smallest absolute Gasteiger partial charge is 0.312 e. The molecule has 0 saturated heterocycles. The van der Waals surface area contributed by atoms with Gasteiger partial charge in [0, 0.05) is 26.7 Å². The normalized spacial score (nSPS) is 14.2. The number of unbranched alkanes of at least 4 members (excludes halogenated alkanes) is 1. The number of ketones is 1. The van der Waals surface area contributed by atoms with Crippen LogP contribution in [0.25, 0.3) is 0 Å². The van der Waals surface area contributed by atoms with Gasteiger partial charge in [0.2, 0.25) is 0 Å². The molecular formula is C17H28NO5PS. The fraction of sp³-hybridized carbons (Fsp3) is 0.588. The summed E-state index contributed by atoms with van der Waals surface area (Å²) in [5.74, 6) is -0.235.